The second-order valence-corrected chi connectivity index (χ2v) is 10.9. The second kappa shape index (κ2) is 7.82. The molecule has 0 aromatic carbocycles. The standard InChI is InChI=1S/C9H18BO11P3.CH4/c1-9(7-6(3-4-17-7)8(10)19-9)5-18-23(13,14)21-24(15,16)20-22(2,11)12;/h6-8H,3-5H2,1-2H3,(H,11,12)(H,13,14)(H,15,16);1H4. The van der Waals surface area contributed by atoms with Gasteiger partial charge in [0.1, 0.15) is 13.4 Å². The molecule has 0 amide bonds. The van der Waals surface area contributed by atoms with Crippen LogP contribution >= 0.6 is 23.2 Å². The lowest BCUT2D eigenvalue weighted by Crippen LogP contribution is -2.42. The largest absolute Gasteiger partial charge is 0.488 e. The molecule has 15 heteroatoms. The van der Waals surface area contributed by atoms with Gasteiger partial charge in [-0.1, -0.05) is 7.43 Å². The van der Waals surface area contributed by atoms with Crippen LogP contribution in [0.2, 0.25) is 0 Å². The van der Waals surface area contributed by atoms with Gasteiger partial charge in [-0.2, -0.15) is 4.31 Å². The van der Waals surface area contributed by atoms with Gasteiger partial charge in [-0.05, 0) is 13.3 Å². The molecule has 2 fully saturated rings. The molecule has 2 saturated heterocycles. The molecule has 7 unspecified atom stereocenters. The summed E-state index contributed by atoms with van der Waals surface area (Å²) in [5, 5.41) is 0. The SMILES string of the molecule is C.[B]C1OC(C)(COP(=O)(O)OP(=O)(O)OP(C)(=O)O)C2OCCC12. The van der Waals surface area contributed by atoms with E-state index in [-0.39, 0.29) is 13.3 Å². The van der Waals surface area contributed by atoms with Crippen LogP contribution in [0.15, 0.2) is 0 Å². The molecular formula is C10H22BO11P3. The highest BCUT2D eigenvalue weighted by Crippen LogP contribution is 2.66. The highest BCUT2D eigenvalue weighted by atomic mass is 31.3. The molecule has 2 rings (SSSR count). The van der Waals surface area contributed by atoms with Crippen molar-refractivity contribution in [1.29, 1.82) is 0 Å². The van der Waals surface area contributed by atoms with E-state index in [1.54, 1.807) is 6.92 Å². The van der Waals surface area contributed by atoms with E-state index in [2.05, 4.69) is 13.1 Å². The van der Waals surface area contributed by atoms with Crippen LogP contribution in [0.5, 0.6) is 0 Å². The van der Waals surface area contributed by atoms with Gasteiger partial charge in [-0.15, -0.1) is 0 Å². The fourth-order valence-electron chi connectivity index (χ4n) is 2.72. The van der Waals surface area contributed by atoms with Gasteiger partial charge < -0.3 is 24.2 Å². The maximum atomic E-state index is 11.8. The zero-order valence-corrected chi connectivity index (χ0v) is 15.6. The molecular weight excluding hydrogens is 400 g/mol. The third kappa shape index (κ3) is 6.23. The van der Waals surface area contributed by atoms with Crippen LogP contribution in [-0.2, 0) is 36.3 Å². The van der Waals surface area contributed by atoms with Gasteiger partial charge in [0, 0.05) is 25.2 Å². The molecule has 146 valence electrons. The van der Waals surface area contributed by atoms with Crippen molar-refractivity contribution >= 4 is 31.1 Å². The van der Waals surface area contributed by atoms with E-state index in [9.17, 15) is 23.5 Å². The van der Waals surface area contributed by atoms with Crippen LogP contribution in [0, 0.1) is 5.92 Å². The van der Waals surface area contributed by atoms with Crippen molar-refractivity contribution in [1.82, 2.24) is 0 Å². The Morgan fingerprint density at radius 3 is 2.36 bits per heavy atom. The van der Waals surface area contributed by atoms with Crippen molar-refractivity contribution in [2.24, 2.45) is 5.92 Å². The van der Waals surface area contributed by atoms with E-state index < -0.39 is 47.6 Å². The third-order valence-corrected chi connectivity index (χ3v) is 7.69. The smallest absolute Gasteiger partial charge is 0.376 e. The van der Waals surface area contributed by atoms with Gasteiger partial charge in [0.2, 0.25) is 0 Å². The van der Waals surface area contributed by atoms with Crippen molar-refractivity contribution in [2.45, 2.75) is 38.5 Å². The molecule has 0 bridgehead atoms. The Balaban J connectivity index is 0.00000312. The molecule has 25 heavy (non-hydrogen) atoms. The first kappa shape index (κ1) is 23.5. The Labute approximate surface area is 147 Å². The van der Waals surface area contributed by atoms with Gasteiger partial charge >= 0.3 is 23.2 Å². The van der Waals surface area contributed by atoms with E-state index in [4.69, 9.17) is 22.2 Å². The van der Waals surface area contributed by atoms with Crippen molar-refractivity contribution in [3.8, 4) is 0 Å². The Morgan fingerprint density at radius 2 is 1.80 bits per heavy atom. The van der Waals surface area contributed by atoms with Crippen LogP contribution in [0.25, 0.3) is 0 Å². The van der Waals surface area contributed by atoms with Crippen LogP contribution in [0.4, 0.5) is 0 Å². The van der Waals surface area contributed by atoms with Crippen LogP contribution in [0.1, 0.15) is 20.8 Å². The number of phosphoric ester groups is 1. The lowest BCUT2D eigenvalue weighted by atomic mass is 9.82. The summed E-state index contributed by atoms with van der Waals surface area (Å²) in [7, 11) is -9.01. The summed E-state index contributed by atoms with van der Waals surface area (Å²) in [6.45, 7) is 2.08. The molecule has 0 aromatic rings. The summed E-state index contributed by atoms with van der Waals surface area (Å²) in [6, 6.07) is -0.641. The average molecular weight is 422 g/mol. The number of ether oxygens (including phenoxy) is 2. The molecule has 2 heterocycles. The number of hydrogen-bond donors (Lipinski definition) is 3. The molecule has 3 N–H and O–H groups in total. The summed E-state index contributed by atoms with van der Waals surface area (Å²) >= 11 is 0. The minimum absolute atomic E-state index is 0. The predicted molar refractivity (Wildman–Crippen MR) is 87.1 cm³/mol. The minimum atomic E-state index is -5.30. The molecule has 0 aliphatic carbocycles. The van der Waals surface area contributed by atoms with E-state index in [0.29, 0.717) is 19.7 Å². The normalized spacial score (nSPS) is 38.8. The number of phosphoric acid groups is 2. The zero-order chi connectivity index (χ0) is 18.4. The third-order valence-electron chi connectivity index (χ3n) is 3.54. The van der Waals surface area contributed by atoms with Crippen molar-refractivity contribution in [3.05, 3.63) is 0 Å². The molecule has 0 aromatic heterocycles. The molecule has 11 nitrogen and oxygen atoms in total. The highest BCUT2D eigenvalue weighted by molar-refractivity contribution is 7.68. The van der Waals surface area contributed by atoms with E-state index in [1.165, 1.54) is 0 Å². The summed E-state index contributed by atoms with van der Waals surface area (Å²) < 4.78 is 57.7. The maximum Gasteiger partial charge on any atom is 0.488 e. The van der Waals surface area contributed by atoms with E-state index in [1.807, 2.05) is 0 Å². The quantitative estimate of drug-likeness (QED) is 0.402. The second-order valence-electron chi connectivity index (χ2n) is 5.82. The molecule has 0 saturated carbocycles. The van der Waals surface area contributed by atoms with Crippen LogP contribution in [0.3, 0.4) is 0 Å². The molecule has 0 spiro atoms. The summed E-state index contributed by atoms with van der Waals surface area (Å²) in [4.78, 5) is 27.6. The Morgan fingerprint density at radius 1 is 1.20 bits per heavy atom. The Hall–Kier alpha value is 0.435. The Kier molecular flexibility index (Phi) is 7.34. The minimum Gasteiger partial charge on any atom is -0.376 e. The number of rotatable bonds is 7. The monoisotopic (exact) mass is 422 g/mol. The average Bonchev–Trinajstić information content (AvgIpc) is 2.88. The van der Waals surface area contributed by atoms with Gasteiger partial charge in [0.15, 0.2) is 0 Å². The van der Waals surface area contributed by atoms with Crippen molar-refractivity contribution in [3.63, 3.8) is 0 Å². The van der Waals surface area contributed by atoms with Gasteiger partial charge in [-0.25, -0.2) is 13.4 Å². The fourth-order valence-corrected chi connectivity index (χ4v) is 6.29. The fraction of sp³-hybridized carbons (Fsp3) is 1.00. The zero-order valence-electron chi connectivity index (χ0n) is 12.9. The van der Waals surface area contributed by atoms with E-state index >= 15 is 0 Å². The van der Waals surface area contributed by atoms with Gasteiger partial charge in [-0.3, -0.25) is 9.09 Å². The van der Waals surface area contributed by atoms with Crippen molar-refractivity contribution in [2.75, 3.05) is 19.9 Å². The first-order valence-corrected chi connectivity index (χ1v) is 11.8. The predicted octanol–water partition coefficient (Wildman–Crippen LogP) is 1.38. The highest BCUT2D eigenvalue weighted by Gasteiger charge is 2.54. The molecule has 2 aliphatic heterocycles. The van der Waals surface area contributed by atoms with Gasteiger partial charge in [0.05, 0.1) is 12.7 Å². The Bertz CT molecular complexity index is 623. The molecule has 2 radical (unpaired) electrons. The topological polar surface area (TPSA) is 158 Å². The number of hydrogen-bond acceptors (Lipinski definition) is 8. The van der Waals surface area contributed by atoms with Crippen molar-refractivity contribution < 1.29 is 51.0 Å². The molecule has 2 aliphatic rings. The number of fused-ring (bicyclic) bond motifs is 1. The first-order chi connectivity index (χ1) is 10.7. The first-order valence-electron chi connectivity index (χ1n) is 6.81. The lowest BCUT2D eigenvalue weighted by Gasteiger charge is -2.30. The maximum absolute atomic E-state index is 11.8. The van der Waals surface area contributed by atoms with E-state index in [0.717, 1.165) is 0 Å². The summed E-state index contributed by atoms with van der Waals surface area (Å²) in [6.07, 6.45) is 0.189. The van der Waals surface area contributed by atoms with Crippen LogP contribution in [-0.4, -0.2) is 60.1 Å². The van der Waals surface area contributed by atoms with Gasteiger partial charge in [0.25, 0.3) is 0 Å². The lowest BCUT2D eigenvalue weighted by molar-refractivity contribution is -0.0976. The van der Waals surface area contributed by atoms with Crippen LogP contribution < -0.4 is 0 Å². The summed E-state index contributed by atoms with van der Waals surface area (Å²) in [5.41, 5.74) is -1.17. The summed E-state index contributed by atoms with van der Waals surface area (Å²) in [5.74, 6) is -0.106. The molecule has 7 atom stereocenters.